The van der Waals surface area contributed by atoms with Crippen LogP contribution in [0.3, 0.4) is 0 Å². The lowest BCUT2D eigenvalue weighted by Crippen LogP contribution is -2.39. The topological polar surface area (TPSA) is 79.4 Å². The molecule has 124 valence electrons. The maximum atomic E-state index is 12.1. The average Bonchev–Trinajstić information content (AvgIpc) is 2.58. The van der Waals surface area contributed by atoms with Gasteiger partial charge in [0.15, 0.2) is 5.78 Å². The van der Waals surface area contributed by atoms with Crippen molar-refractivity contribution in [3.63, 3.8) is 0 Å². The molecule has 2 amide bonds. The number of Topliss-reactive ketones (excluding diaryl/α,β-unsaturated/α-hetero) is 1. The van der Waals surface area contributed by atoms with Gasteiger partial charge < -0.3 is 10.2 Å². The second-order valence-corrected chi connectivity index (χ2v) is 5.34. The molecule has 24 heavy (non-hydrogen) atoms. The molecule has 1 aromatic carbocycles. The van der Waals surface area contributed by atoms with Crippen molar-refractivity contribution in [2.75, 3.05) is 11.4 Å². The summed E-state index contributed by atoms with van der Waals surface area (Å²) in [5, 5.41) is 2.77. The number of hydrogen-bond donors (Lipinski definition) is 1. The van der Waals surface area contributed by atoms with Gasteiger partial charge in [-0.25, -0.2) is 0 Å². The van der Waals surface area contributed by atoms with E-state index in [1.165, 1.54) is 18.7 Å². The summed E-state index contributed by atoms with van der Waals surface area (Å²) in [7, 11) is 0. The van der Waals surface area contributed by atoms with Gasteiger partial charge in [0.1, 0.15) is 6.54 Å². The molecule has 0 aliphatic heterocycles. The molecule has 0 unspecified atom stereocenters. The third-order valence-corrected chi connectivity index (χ3v) is 3.51. The third-order valence-electron chi connectivity index (χ3n) is 3.51. The van der Waals surface area contributed by atoms with Gasteiger partial charge >= 0.3 is 0 Å². The standard InChI is InChI=1S/C18H19N3O3/c1-13(22)16-3-5-17(6-4-16)21(14(2)23)12-18(24)20-11-15-7-9-19-10-8-15/h3-10H,11-12H2,1-2H3,(H,20,24). The van der Waals surface area contributed by atoms with Crippen LogP contribution in [0, 0.1) is 0 Å². The minimum absolute atomic E-state index is 0.0500. The Labute approximate surface area is 140 Å². The van der Waals surface area contributed by atoms with Crippen LogP contribution in [0.25, 0.3) is 0 Å². The van der Waals surface area contributed by atoms with Gasteiger partial charge in [-0.05, 0) is 48.9 Å². The molecule has 0 bridgehead atoms. The fourth-order valence-corrected chi connectivity index (χ4v) is 2.16. The SMILES string of the molecule is CC(=O)c1ccc(N(CC(=O)NCc2ccncc2)C(C)=O)cc1. The smallest absolute Gasteiger partial charge is 0.240 e. The number of nitrogens with zero attached hydrogens (tertiary/aromatic N) is 2. The molecule has 0 atom stereocenters. The van der Waals surface area contributed by atoms with Crippen molar-refractivity contribution in [2.24, 2.45) is 0 Å². The van der Waals surface area contributed by atoms with E-state index in [1.54, 1.807) is 36.7 Å². The summed E-state index contributed by atoms with van der Waals surface area (Å²) in [5.41, 5.74) is 2.06. The largest absolute Gasteiger partial charge is 0.350 e. The van der Waals surface area contributed by atoms with Crippen molar-refractivity contribution in [1.29, 1.82) is 0 Å². The fourth-order valence-electron chi connectivity index (χ4n) is 2.16. The maximum absolute atomic E-state index is 12.1. The van der Waals surface area contributed by atoms with E-state index in [1.807, 2.05) is 12.1 Å². The summed E-state index contributed by atoms with van der Waals surface area (Å²) >= 11 is 0. The third kappa shape index (κ3) is 4.74. The first-order valence-electron chi connectivity index (χ1n) is 7.52. The summed E-state index contributed by atoms with van der Waals surface area (Å²) in [6.45, 7) is 3.16. The minimum Gasteiger partial charge on any atom is -0.350 e. The molecule has 0 saturated carbocycles. The van der Waals surface area contributed by atoms with E-state index in [2.05, 4.69) is 10.3 Å². The van der Waals surface area contributed by atoms with E-state index < -0.39 is 0 Å². The van der Waals surface area contributed by atoms with Crippen LogP contribution in [0.4, 0.5) is 5.69 Å². The van der Waals surface area contributed by atoms with Gasteiger partial charge in [0.2, 0.25) is 11.8 Å². The Bertz CT molecular complexity index is 727. The van der Waals surface area contributed by atoms with Crippen LogP contribution in [-0.4, -0.2) is 29.1 Å². The normalized spacial score (nSPS) is 10.1. The number of hydrogen-bond acceptors (Lipinski definition) is 4. The average molecular weight is 325 g/mol. The number of amides is 2. The Balaban J connectivity index is 2.01. The molecule has 6 heteroatoms. The summed E-state index contributed by atoms with van der Waals surface area (Å²) in [5.74, 6) is -0.562. The van der Waals surface area contributed by atoms with Crippen molar-refractivity contribution >= 4 is 23.3 Å². The monoisotopic (exact) mass is 325 g/mol. The van der Waals surface area contributed by atoms with Crippen LogP contribution in [0.2, 0.25) is 0 Å². The van der Waals surface area contributed by atoms with Crippen LogP contribution in [-0.2, 0) is 16.1 Å². The highest BCUT2D eigenvalue weighted by Crippen LogP contribution is 2.16. The second-order valence-electron chi connectivity index (χ2n) is 5.34. The molecule has 1 aromatic heterocycles. The molecule has 6 nitrogen and oxygen atoms in total. The van der Waals surface area contributed by atoms with E-state index in [-0.39, 0.29) is 24.1 Å². The van der Waals surface area contributed by atoms with Crippen molar-refractivity contribution < 1.29 is 14.4 Å². The first-order chi connectivity index (χ1) is 11.5. The van der Waals surface area contributed by atoms with Crippen molar-refractivity contribution in [2.45, 2.75) is 20.4 Å². The lowest BCUT2D eigenvalue weighted by Gasteiger charge is -2.21. The van der Waals surface area contributed by atoms with E-state index in [0.29, 0.717) is 17.8 Å². The Hall–Kier alpha value is -3.02. The molecule has 0 aliphatic rings. The van der Waals surface area contributed by atoms with Crippen molar-refractivity contribution in [3.05, 3.63) is 59.9 Å². The molecule has 2 aromatic rings. The molecule has 0 saturated heterocycles. The van der Waals surface area contributed by atoms with E-state index in [0.717, 1.165) is 5.56 Å². The zero-order valence-electron chi connectivity index (χ0n) is 13.7. The predicted octanol–water partition coefficient (Wildman–Crippen LogP) is 1.95. The molecule has 0 fully saturated rings. The number of carbonyl (C=O) groups is 3. The highest BCUT2D eigenvalue weighted by molar-refractivity contribution is 5.98. The second kappa shape index (κ2) is 8.01. The first-order valence-corrected chi connectivity index (χ1v) is 7.52. The zero-order chi connectivity index (χ0) is 17.5. The fraction of sp³-hybridized carbons (Fsp3) is 0.222. The molecular formula is C18H19N3O3. The number of benzene rings is 1. The van der Waals surface area contributed by atoms with Crippen LogP contribution in [0.5, 0.6) is 0 Å². The van der Waals surface area contributed by atoms with Gasteiger partial charge in [-0.3, -0.25) is 19.4 Å². The summed E-state index contributed by atoms with van der Waals surface area (Å²) in [4.78, 5) is 40.5. The number of aromatic nitrogens is 1. The number of rotatable bonds is 6. The predicted molar refractivity (Wildman–Crippen MR) is 90.6 cm³/mol. The van der Waals surface area contributed by atoms with Gasteiger partial charge in [-0.2, -0.15) is 0 Å². The maximum Gasteiger partial charge on any atom is 0.240 e. The van der Waals surface area contributed by atoms with Gasteiger partial charge in [-0.1, -0.05) is 0 Å². The molecule has 0 aliphatic carbocycles. The molecule has 2 rings (SSSR count). The Morgan fingerprint density at radius 2 is 1.62 bits per heavy atom. The van der Waals surface area contributed by atoms with Crippen molar-refractivity contribution in [3.8, 4) is 0 Å². The zero-order valence-corrected chi connectivity index (χ0v) is 13.7. The van der Waals surface area contributed by atoms with Gasteiger partial charge in [0.05, 0.1) is 0 Å². The molecular weight excluding hydrogens is 306 g/mol. The molecule has 1 heterocycles. The number of ketones is 1. The molecule has 0 radical (unpaired) electrons. The first kappa shape index (κ1) is 17.3. The number of carbonyl (C=O) groups excluding carboxylic acids is 3. The Kier molecular flexibility index (Phi) is 5.78. The lowest BCUT2D eigenvalue weighted by atomic mass is 10.1. The molecule has 1 N–H and O–H groups in total. The number of anilines is 1. The quantitative estimate of drug-likeness (QED) is 0.823. The van der Waals surface area contributed by atoms with Crippen LogP contribution >= 0.6 is 0 Å². The number of nitrogens with one attached hydrogen (secondary N) is 1. The van der Waals surface area contributed by atoms with Gasteiger partial charge in [0.25, 0.3) is 0 Å². The highest BCUT2D eigenvalue weighted by atomic mass is 16.2. The van der Waals surface area contributed by atoms with E-state index >= 15 is 0 Å². The summed E-state index contributed by atoms with van der Waals surface area (Å²) < 4.78 is 0. The highest BCUT2D eigenvalue weighted by Gasteiger charge is 2.16. The number of pyridine rings is 1. The molecule has 0 spiro atoms. The summed E-state index contributed by atoms with van der Waals surface area (Å²) in [6.07, 6.45) is 3.31. The Morgan fingerprint density at radius 1 is 1.00 bits per heavy atom. The van der Waals surface area contributed by atoms with Gasteiger partial charge in [-0.15, -0.1) is 0 Å². The van der Waals surface area contributed by atoms with Crippen LogP contribution < -0.4 is 10.2 Å². The Morgan fingerprint density at radius 3 is 2.17 bits per heavy atom. The van der Waals surface area contributed by atoms with Gasteiger partial charge in [0, 0.05) is 37.1 Å². The van der Waals surface area contributed by atoms with Crippen LogP contribution in [0.1, 0.15) is 29.8 Å². The van der Waals surface area contributed by atoms with E-state index in [9.17, 15) is 14.4 Å². The van der Waals surface area contributed by atoms with Crippen LogP contribution in [0.15, 0.2) is 48.8 Å². The van der Waals surface area contributed by atoms with Crippen molar-refractivity contribution in [1.82, 2.24) is 10.3 Å². The van der Waals surface area contributed by atoms with E-state index in [4.69, 9.17) is 0 Å². The summed E-state index contributed by atoms with van der Waals surface area (Å²) in [6, 6.07) is 10.2. The minimum atomic E-state index is -0.266. The lowest BCUT2D eigenvalue weighted by molar-refractivity contribution is -0.123.